The zero-order chi connectivity index (χ0) is 36.6. The van der Waals surface area contributed by atoms with Crippen molar-refractivity contribution in [2.75, 3.05) is 24.7 Å². The number of alkyl halides is 4. The Morgan fingerprint density at radius 2 is 1.20 bits per heavy atom. The van der Waals surface area contributed by atoms with Crippen LogP contribution in [0.2, 0.25) is 10.0 Å². The molecule has 0 radical (unpaired) electrons. The molecule has 3 aliphatic rings. The van der Waals surface area contributed by atoms with Gasteiger partial charge in [-0.05, 0) is 74.0 Å². The van der Waals surface area contributed by atoms with Gasteiger partial charge in [-0.3, -0.25) is 0 Å². The average Bonchev–Trinajstić information content (AvgIpc) is 3.24. The molecule has 4 N–H and O–H groups in total. The predicted octanol–water partition coefficient (Wildman–Crippen LogP) is 7.78. The molecular formula is C32H30BBrCl2F4N4O6. The van der Waals surface area contributed by atoms with E-state index in [9.17, 15) is 17.6 Å². The topological polar surface area (TPSA) is 133 Å². The van der Waals surface area contributed by atoms with Crippen molar-refractivity contribution < 1.29 is 45.8 Å². The summed E-state index contributed by atoms with van der Waals surface area (Å²) in [5.41, 5.74) is 12.6. The number of rotatable bonds is 2. The second kappa shape index (κ2) is 14.1. The summed E-state index contributed by atoms with van der Waals surface area (Å²) in [7, 11) is -0.363. The molecule has 50 heavy (non-hydrogen) atoms. The summed E-state index contributed by atoms with van der Waals surface area (Å²) >= 11 is 14.9. The molecule has 0 unspecified atom stereocenters. The summed E-state index contributed by atoms with van der Waals surface area (Å²) in [5.74, 6) is 1.22. The molecule has 266 valence electrons. The van der Waals surface area contributed by atoms with E-state index in [2.05, 4.69) is 35.4 Å². The highest BCUT2D eigenvalue weighted by Gasteiger charge is 2.51. The van der Waals surface area contributed by atoms with Crippen LogP contribution in [0.1, 0.15) is 27.7 Å². The molecule has 1 saturated heterocycles. The number of anilines is 2. The minimum absolute atomic E-state index is 0.0468. The molecule has 0 amide bonds. The SMILES string of the molecule is CC1(C)OB(c2ccc(N)nc2)OC1(C)C.FC1(F)COc2cc(Br)c(Cl)cc2O1.Nc1ccc(-c2cc3c(cc2Cl)OC(F)(F)CO3)cn1. The van der Waals surface area contributed by atoms with Crippen LogP contribution in [0.4, 0.5) is 29.2 Å². The maximum absolute atomic E-state index is 13.1. The van der Waals surface area contributed by atoms with E-state index in [1.54, 1.807) is 36.7 Å². The number of nitrogens with zero attached hydrogens (tertiary/aromatic N) is 2. The number of ether oxygens (including phenoxy) is 4. The van der Waals surface area contributed by atoms with Crippen molar-refractivity contribution in [1.29, 1.82) is 0 Å². The number of halogens is 7. The number of hydrogen-bond acceptors (Lipinski definition) is 10. The monoisotopic (exact) mass is 802 g/mol. The molecule has 0 saturated carbocycles. The minimum atomic E-state index is -3.35. The average molecular weight is 804 g/mol. The van der Waals surface area contributed by atoms with Gasteiger partial charge in [-0.1, -0.05) is 29.3 Å². The van der Waals surface area contributed by atoms with E-state index in [1.807, 2.05) is 33.8 Å². The predicted molar refractivity (Wildman–Crippen MR) is 185 cm³/mol. The smallest absolute Gasteiger partial charge is 0.479 e. The highest BCUT2D eigenvalue weighted by Crippen LogP contribution is 2.44. The molecule has 0 aliphatic carbocycles. The fraction of sp³-hybridized carbons (Fsp3) is 0.312. The number of hydrogen-bond donors (Lipinski definition) is 2. The summed E-state index contributed by atoms with van der Waals surface area (Å²) in [6.07, 6.45) is -3.40. The van der Waals surface area contributed by atoms with E-state index in [0.717, 1.165) is 5.46 Å². The van der Waals surface area contributed by atoms with E-state index in [1.165, 1.54) is 18.2 Å². The molecule has 3 aliphatic heterocycles. The summed E-state index contributed by atoms with van der Waals surface area (Å²) in [4.78, 5) is 8.00. The number of pyridine rings is 2. The van der Waals surface area contributed by atoms with Crippen LogP contribution in [0.3, 0.4) is 0 Å². The van der Waals surface area contributed by atoms with Gasteiger partial charge in [0.15, 0.2) is 36.2 Å². The zero-order valence-corrected chi connectivity index (χ0v) is 30.0. The van der Waals surface area contributed by atoms with Gasteiger partial charge in [-0.2, -0.15) is 17.6 Å². The van der Waals surface area contributed by atoms with Crippen LogP contribution < -0.4 is 35.9 Å². The molecule has 1 fully saturated rings. The fourth-order valence-electron chi connectivity index (χ4n) is 4.46. The number of nitrogen functional groups attached to an aromatic ring is 2. The summed E-state index contributed by atoms with van der Waals surface area (Å²) in [6.45, 7) is 6.49. The number of fused-ring (bicyclic) bond motifs is 2. The van der Waals surface area contributed by atoms with Crippen LogP contribution in [0, 0.1) is 0 Å². The van der Waals surface area contributed by atoms with E-state index >= 15 is 0 Å². The van der Waals surface area contributed by atoms with Gasteiger partial charge in [0.1, 0.15) is 11.6 Å². The second-order valence-corrected chi connectivity index (χ2v) is 13.8. The van der Waals surface area contributed by atoms with Crippen molar-refractivity contribution in [3.8, 4) is 34.1 Å². The summed E-state index contributed by atoms with van der Waals surface area (Å²) < 4.78 is 82.6. The fourth-order valence-corrected chi connectivity index (χ4v) is 5.19. The van der Waals surface area contributed by atoms with Gasteiger partial charge in [0.25, 0.3) is 0 Å². The third-order valence-electron chi connectivity index (χ3n) is 7.76. The lowest BCUT2D eigenvalue weighted by Gasteiger charge is -2.32. The molecule has 0 atom stereocenters. The molecule has 4 aromatic rings. The van der Waals surface area contributed by atoms with Gasteiger partial charge in [0.2, 0.25) is 0 Å². The maximum Gasteiger partial charge on any atom is 0.496 e. The first-order valence-electron chi connectivity index (χ1n) is 14.7. The lowest BCUT2D eigenvalue weighted by molar-refractivity contribution is -0.209. The van der Waals surface area contributed by atoms with Crippen molar-refractivity contribution in [1.82, 2.24) is 9.97 Å². The molecule has 0 bridgehead atoms. The Balaban J connectivity index is 0.000000148. The number of aromatic nitrogens is 2. The first-order chi connectivity index (χ1) is 23.2. The highest BCUT2D eigenvalue weighted by atomic mass is 79.9. The lowest BCUT2D eigenvalue weighted by atomic mass is 9.80. The lowest BCUT2D eigenvalue weighted by Crippen LogP contribution is -2.41. The molecule has 2 aromatic heterocycles. The molecule has 2 aromatic carbocycles. The Hall–Kier alpha value is -3.70. The van der Waals surface area contributed by atoms with Gasteiger partial charge in [0, 0.05) is 45.6 Å². The van der Waals surface area contributed by atoms with E-state index in [0.29, 0.717) is 32.3 Å². The molecule has 5 heterocycles. The second-order valence-electron chi connectivity index (χ2n) is 12.1. The first kappa shape index (κ1) is 37.6. The van der Waals surface area contributed by atoms with Crippen LogP contribution in [-0.4, -0.2) is 53.7 Å². The van der Waals surface area contributed by atoms with Gasteiger partial charge < -0.3 is 39.7 Å². The van der Waals surface area contributed by atoms with Crippen molar-refractivity contribution in [3.63, 3.8) is 0 Å². The van der Waals surface area contributed by atoms with Crippen LogP contribution in [0.15, 0.2) is 65.4 Å². The quantitative estimate of drug-likeness (QED) is 0.153. The normalized spacial score (nSPS) is 18.6. The molecule has 0 spiro atoms. The number of nitrogens with two attached hydrogens (primary N) is 2. The highest BCUT2D eigenvalue weighted by molar-refractivity contribution is 9.10. The van der Waals surface area contributed by atoms with E-state index in [4.69, 9.17) is 53.5 Å². The van der Waals surface area contributed by atoms with Gasteiger partial charge in [-0.15, -0.1) is 0 Å². The molecular weight excluding hydrogens is 774 g/mol. The van der Waals surface area contributed by atoms with Crippen molar-refractivity contribution in [2.24, 2.45) is 0 Å². The Kier molecular flexibility index (Phi) is 10.6. The van der Waals surface area contributed by atoms with Gasteiger partial charge >= 0.3 is 19.3 Å². The number of benzene rings is 2. The molecule has 10 nitrogen and oxygen atoms in total. The summed E-state index contributed by atoms with van der Waals surface area (Å²) in [6, 6.07) is 12.6. The standard InChI is InChI=1S/C13H9ClF2N2O2.C11H17BN2O2.C8H4BrClF2O2/c14-9-4-11-10(19-6-13(15,16)20-11)3-8(9)7-1-2-12(17)18-5-7;1-10(2)11(3,4)16-12(15-10)8-5-6-9(13)14-7-8;9-4-1-6-7(2-5(4)10)14-8(11,12)3-13-6/h1-5H,6H2,(H2,17,18);5-7H,1-4H3,(H2,13,14);1-2H,3H2. The Bertz CT molecular complexity index is 1840. The van der Waals surface area contributed by atoms with Crippen LogP contribution in [0.5, 0.6) is 23.0 Å². The van der Waals surface area contributed by atoms with Gasteiger partial charge in [-0.25, -0.2) is 9.97 Å². The third-order valence-corrected chi connectivity index (χ3v) is 9.27. The van der Waals surface area contributed by atoms with Crippen molar-refractivity contribution in [3.05, 3.63) is 75.4 Å². The molecule has 18 heteroatoms. The maximum atomic E-state index is 13.1. The van der Waals surface area contributed by atoms with Crippen LogP contribution in [0.25, 0.3) is 11.1 Å². The largest absolute Gasteiger partial charge is 0.496 e. The summed E-state index contributed by atoms with van der Waals surface area (Å²) in [5, 5.41) is 0.557. The Morgan fingerprint density at radius 3 is 1.70 bits per heavy atom. The van der Waals surface area contributed by atoms with E-state index in [-0.39, 0.29) is 46.3 Å². The molecule has 7 rings (SSSR count). The van der Waals surface area contributed by atoms with E-state index < -0.39 is 25.4 Å². The Morgan fingerprint density at radius 1 is 0.700 bits per heavy atom. The van der Waals surface area contributed by atoms with Crippen LogP contribution >= 0.6 is 39.1 Å². The van der Waals surface area contributed by atoms with Crippen LogP contribution in [-0.2, 0) is 9.31 Å². The van der Waals surface area contributed by atoms with Crippen molar-refractivity contribution in [2.45, 2.75) is 51.1 Å². The first-order valence-corrected chi connectivity index (χ1v) is 16.3. The van der Waals surface area contributed by atoms with Gasteiger partial charge in [0.05, 0.1) is 21.2 Å². The zero-order valence-electron chi connectivity index (χ0n) is 26.9. The third kappa shape index (κ3) is 8.78. The Labute approximate surface area is 303 Å². The minimum Gasteiger partial charge on any atom is -0.479 e. The van der Waals surface area contributed by atoms with Crippen molar-refractivity contribution >= 4 is 63.3 Å².